The lowest BCUT2D eigenvalue weighted by Crippen LogP contribution is -2.54. The average molecular weight is 505 g/mol. The molecule has 0 unspecified atom stereocenters. The fourth-order valence-electron chi connectivity index (χ4n) is 3.32. The Kier molecular flexibility index (Phi) is 6.42. The smallest absolute Gasteiger partial charge is 0.335 e. The third kappa shape index (κ3) is 5.04. The zero-order chi connectivity index (χ0) is 23.5. The lowest BCUT2D eigenvalue weighted by atomic mass is 10.1. The number of rotatable bonds is 5. The molecular weight excluding hydrogens is 484 g/mol. The van der Waals surface area contributed by atoms with Crippen LogP contribution in [0.2, 0.25) is 0 Å². The Morgan fingerprint density at radius 1 is 0.909 bits per heavy atom. The molecule has 0 spiro atoms. The Morgan fingerprint density at radius 2 is 1.55 bits per heavy atom. The van der Waals surface area contributed by atoms with Crippen molar-refractivity contribution in [2.75, 3.05) is 4.90 Å². The van der Waals surface area contributed by atoms with E-state index >= 15 is 0 Å². The Morgan fingerprint density at radius 3 is 2.18 bits per heavy atom. The van der Waals surface area contributed by atoms with Gasteiger partial charge in [-0.25, -0.2) is 9.69 Å². The number of barbiturate groups is 1. The Labute approximate surface area is 200 Å². The number of imide groups is 2. The van der Waals surface area contributed by atoms with E-state index in [0.717, 1.165) is 16.0 Å². The van der Waals surface area contributed by atoms with E-state index in [9.17, 15) is 14.4 Å². The molecule has 6 nitrogen and oxygen atoms in total. The van der Waals surface area contributed by atoms with E-state index < -0.39 is 17.8 Å². The number of aryl methyl sites for hydroxylation is 2. The van der Waals surface area contributed by atoms with Crippen molar-refractivity contribution in [1.29, 1.82) is 0 Å². The van der Waals surface area contributed by atoms with Gasteiger partial charge in [0.1, 0.15) is 17.9 Å². The highest BCUT2D eigenvalue weighted by Gasteiger charge is 2.36. The molecule has 3 aromatic rings. The van der Waals surface area contributed by atoms with Crippen LogP contribution < -0.4 is 15.0 Å². The van der Waals surface area contributed by atoms with Crippen LogP contribution in [0.1, 0.15) is 22.3 Å². The van der Waals surface area contributed by atoms with Crippen LogP contribution in [-0.4, -0.2) is 17.8 Å². The van der Waals surface area contributed by atoms with Gasteiger partial charge in [0.25, 0.3) is 11.8 Å². The van der Waals surface area contributed by atoms with E-state index in [-0.39, 0.29) is 5.57 Å². The van der Waals surface area contributed by atoms with Gasteiger partial charge in [-0.1, -0.05) is 53.6 Å². The summed E-state index contributed by atoms with van der Waals surface area (Å²) >= 11 is 3.49. The largest absolute Gasteiger partial charge is 0.488 e. The second-order valence-electron chi connectivity index (χ2n) is 7.76. The zero-order valence-electron chi connectivity index (χ0n) is 18.1. The van der Waals surface area contributed by atoms with Crippen LogP contribution >= 0.6 is 15.9 Å². The van der Waals surface area contributed by atoms with E-state index in [2.05, 4.69) is 21.2 Å². The minimum absolute atomic E-state index is 0.129. The maximum atomic E-state index is 13.0. The van der Waals surface area contributed by atoms with Gasteiger partial charge >= 0.3 is 6.03 Å². The maximum absolute atomic E-state index is 13.0. The van der Waals surface area contributed by atoms with Gasteiger partial charge in [0.15, 0.2) is 0 Å². The number of amides is 4. The number of nitrogens with one attached hydrogen (secondary N) is 1. The predicted octanol–water partition coefficient (Wildman–Crippen LogP) is 5.31. The fourth-order valence-corrected chi connectivity index (χ4v) is 3.83. The second-order valence-corrected chi connectivity index (χ2v) is 8.61. The number of carbonyl (C=O) groups excluding carboxylic acids is 3. The summed E-state index contributed by atoms with van der Waals surface area (Å²) in [5, 5.41) is 2.23. The molecular formula is C26H21BrN2O4. The molecule has 3 aromatic carbocycles. The summed E-state index contributed by atoms with van der Waals surface area (Å²) in [6.07, 6.45) is 1.46. The molecule has 33 heavy (non-hydrogen) atoms. The number of hydrogen-bond acceptors (Lipinski definition) is 4. The molecule has 1 N–H and O–H groups in total. The molecule has 1 heterocycles. The monoisotopic (exact) mass is 504 g/mol. The predicted molar refractivity (Wildman–Crippen MR) is 130 cm³/mol. The number of hydrogen-bond donors (Lipinski definition) is 1. The number of benzene rings is 3. The highest BCUT2D eigenvalue weighted by atomic mass is 79.9. The summed E-state index contributed by atoms with van der Waals surface area (Å²) in [7, 11) is 0. The average Bonchev–Trinajstić information content (AvgIpc) is 2.78. The maximum Gasteiger partial charge on any atom is 0.335 e. The zero-order valence-corrected chi connectivity index (χ0v) is 19.7. The third-order valence-corrected chi connectivity index (χ3v) is 5.80. The summed E-state index contributed by atoms with van der Waals surface area (Å²) in [6.45, 7) is 4.35. The van der Waals surface area contributed by atoms with Crippen LogP contribution in [0.5, 0.6) is 5.75 Å². The van der Waals surface area contributed by atoms with E-state index in [1.807, 2.05) is 38.1 Å². The number of urea groups is 1. The second kappa shape index (κ2) is 9.42. The van der Waals surface area contributed by atoms with Crippen molar-refractivity contribution in [2.45, 2.75) is 20.5 Å². The SMILES string of the molecule is Cc1ccc(COc2ccc(/C=C3\C(=O)NC(=O)N(c4ccc(C)cc4)C3=O)cc2Br)cc1. The molecule has 4 amide bonds. The minimum atomic E-state index is -0.771. The molecule has 0 aromatic heterocycles. The van der Waals surface area contributed by atoms with Gasteiger partial charge in [-0.3, -0.25) is 14.9 Å². The first-order valence-corrected chi connectivity index (χ1v) is 11.1. The quantitative estimate of drug-likeness (QED) is 0.377. The standard InChI is InChI=1S/C26H21BrN2O4/c1-16-3-7-18(8-4-16)15-33-23-12-9-19(14-22(23)27)13-21-24(30)28-26(32)29(25(21)31)20-10-5-17(2)6-11-20/h3-14H,15H2,1-2H3,(H,28,30,32)/b21-13+. The topological polar surface area (TPSA) is 75.7 Å². The molecule has 0 saturated carbocycles. The molecule has 1 aliphatic heterocycles. The summed E-state index contributed by atoms with van der Waals surface area (Å²) < 4.78 is 6.56. The minimum Gasteiger partial charge on any atom is -0.488 e. The molecule has 1 fully saturated rings. The van der Waals surface area contributed by atoms with Crippen LogP contribution in [0, 0.1) is 13.8 Å². The molecule has 0 aliphatic carbocycles. The van der Waals surface area contributed by atoms with Gasteiger partial charge in [0, 0.05) is 0 Å². The van der Waals surface area contributed by atoms with E-state index in [1.54, 1.807) is 42.5 Å². The molecule has 7 heteroatoms. The van der Waals surface area contributed by atoms with Gasteiger partial charge in [0.05, 0.1) is 10.2 Å². The molecule has 0 bridgehead atoms. The molecule has 0 atom stereocenters. The summed E-state index contributed by atoms with van der Waals surface area (Å²) in [6, 6.07) is 19.5. The highest BCUT2D eigenvalue weighted by Crippen LogP contribution is 2.29. The molecule has 4 rings (SSSR count). The van der Waals surface area contributed by atoms with Gasteiger partial charge in [-0.2, -0.15) is 0 Å². The molecule has 1 aliphatic rings. The van der Waals surface area contributed by atoms with Gasteiger partial charge in [-0.15, -0.1) is 0 Å². The lowest BCUT2D eigenvalue weighted by molar-refractivity contribution is -0.122. The van der Waals surface area contributed by atoms with E-state index in [0.29, 0.717) is 28.1 Å². The summed E-state index contributed by atoms with van der Waals surface area (Å²) in [4.78, 5) is 38.7. The Bertz CT molecular complexity index is 1260. The van der Waals surface area contributed by atoms with Crippen molar-refractivity contribution in [2.24, 2.45) is 0 Å². The van der Waals surface area contributed by atoms with Crippen molar-refractivity contribution in [3.63, 3.8) is 0 Å². The Balaban J connectivity index is 1.55. The number of anilines is 1. The number of carbonyl (C=O) groups is 3. The van der Waals surface area contributed by atoms with Gasteiger partial charge in [0.2, 0.25) is 0 Å². The first kappa shape index (κ1) is 22.5. The van der Waals surface area contributed by atoms with E-state index in [4.69, 9.17) is 4.74 Å². The number of nitrogens with zero attached hydrogens (tertiary/aromatic N) is 1. The van der Waals surface area contributed by atoms with Crippen LogP contribution in [0.4, 0.5) is 10.5 Å². The molecule has 166 valence electrons. The van der Waals surface area contributed by atoms with Crippen molar-refractivity contribution < 1.29 is 19.1 Å². The van der Waals surface area contributed by atoms with Crippen LogP contribution in [0.25, 0.3) is 6.08 Å². The van der Waals surface area contributed by atoms with Crippen LogP contribution in [0.15, 0.2) is 76.8 Å². The third-order valence-electron chi connectivity index (χ3n) is 5.18. The molecule has 1 saturated heterocycles. The first-order valence-electron chi connectivity index (χ1n) is 10.3. The first-order chi connectivity index (χ1) is 15.8. The van der Waals surface area contributed by atoms with Crippen molar-refractivity contribution >= 4 is 45.5 Å². The fraction of sp³-hybridized carbons (Fsp3) is 0.115. The summed E-state index contributed by atoms with van der Waals surface area (Å²) in [5.74, 6) is -0.777. The van der Waals surface area contributed by atoms with Crippen molar-refractivity contribution in [3.05, 3.63) is 99.0 Å². The van der Waals surface area contributed by atoms with E-state index in [1.165, 1.54) is 11.6 Å². The lowest BCUT2D eigenvalue weighted by Gasteiger charge is -2.26. The van der Waals surface area contributed by atoms with Gasteiger partial charge < -0.3 is 4.74 Å². The van der Waals surface area contributed by atoms with Crippen molar-refractivity contribution in [3.8, 4) is 5.75 Å². The van der Waals surface area contributed by atoms with Crippen LogP contribution in [-0.2, 0) is 16.2 Å². The van der Waals surface area contributed by atoms with Gasteiger partial charge in [-0.05, 0) is 71.2 Å². The summed E-state index contributed by atoms with van der Waals surface area (Å²) in [5.41, 5.74) is 4.09. The highest BCUT2D eigenvalue weighted by molar-refractivity contribution is 9.10. The normalized spacial score (nSPS) is 15.1. The van der Waals surface area contributed by atoms with Crippen LogP contribution in [0.3, 0.4) is 0 Å². The number of ether oxygens (including phenoxy) is 1. The number of halogens is 1. The molecule has 0 radical (unpaired) electrons. The van der Waals surface area contributed by atoms with Crippen molar-refractivity contribution in [1.82, 2.24) is 5.32 Å². The Hall–Kier alpha value is -3.71.